The maximum Gasteiger partial charge on any atom is 0.285 e. The molecule has 4 rings (SSSR count). The summed E-state index contributed by atoms with van der Waals surface area (Å²) in [5.41, 5.74) is 1.86. The van der Waals surface area contributed by atoms with Gasteiger partial charge in [-0.2, -0.15) is 8.42 Å². The molecule has 0 saturated carbocycles. The minimum absolute atomic E-state index is 0.00690. The number of nitrogens with zero attached hydrogens (tertiary/aromatic N) is 3. The zero-order valence-corrected chi connectivity index (χ0v) is 18.2. The van der Waals surface area contributed by atoms with E-state index in [1.807, 2.05) is 40.1 Å². The van der Waals surface area contributed by atoms with Crippen molar-refractivity contribution >= 4 is 38.3 Å². The lowest BCUT2D eigenvalue weighted by molar-refractivity contribution is 0.0764. The van der Waals surface area contributed by atoms with Gasteiger partial charge in [0.1, 0.15) is 10.7 Å². The van der Waals surface area contributed by atoms with E-state index in [1.54, 1.807) is 31.2 Å². The van der Waals surface area contributed by atoms with Crippen LogP contribution in [0.4, 0.5) is 0 Å². The van der Waals surface area contributed by atoms with E-state index in [2.05, 4.69) is 4.40 Å². The molecule has 8 heteroatoms. The monoisotopic (exact) mass is 443 g/mol. The van der Waals surface area contributed by atoms with Gasteiger partial charge in [-0.15, -0.1) is 4.40 Å². The van der Waals surface area contributed by atoms with Gasteiger partial charge in [0.25, 0.3) is 15.9 Å². The molecule has 0 spiro atoms. The molecule has 2 aromatic rings. The summed E-state index contributed by atoms with van der Waals surface area (Å²) in [4.78, 5) is 16.8. The molecule has 2 aliphatic heterocycles. The van der Waals surface area contributed by atoms with E-state index in [1.165, 1.54) is 0 Å². The van der Waals surface area contributed by atoms with Crippen LogP contribution in [0.3, 0.4) is 0 Å². The molecule has 1 saturated heterocycles. The van der Waals surface area contributed by atoms with Crippen LogP contribution in [0.25, 0.3) is 4.91 Å². The Kier molecular flexibility index (Phi) is 5.66. The first-order valence-electron chi connectivity index (χ1n) is 9.78. The maximum absolute atomic E-state index is 12.8. The van der Waals surface area contributed by atoms with E-state index in [0.717, 1.165) is 6.42 Å². The van der Waals surface area contributed by atoms with Crippen molar-refractivity contribution in [2.45, 2.75) is 13.3 Å². The second kappa shape index (κ2) is 8.24. The zero-order valence-electron chi connectivity index (χ0n) is 16.6. The second-order valence-corrected chi connectivity index (χ2v) is 9.33. The third kappa shape index (κ3) is 4.00. The van der Waals surface area contributed by atoms with Gasteiger partial charge in [-0.3, -0.25) is 4.79 Å². The molecule has 0 aliphatic carbocycles. The first kappa shape index (κ1) is 20.6. The van der Waals surface area contributed by atoms with Crippen LogP contribution in [0.2, 0.25) is 5.02 Å². The summed E-state index contributed by atoms with van der Waals surface area (Å²) < 4.78 is 29.6. The number of amidine groups is 1. The van der Waals surface area contributed by atoms with Crippen LogP contribution in [-0.2, 0) is 10.0 Å². The Hall–Kier alpha value is -2.64. The number of carbonyl (C=O) groups excluding carboxylic acids is 1. The summed E-state index contributed by atoms with van der Waals surface area (Å²) in [7, 11) is -3.78. The molecule has 2 aliphatic rings. The third-order valence-electron chi connectivity index (χ3n) is 5.35. The molecular formula is C22H22ClN3O3S. The summed E-state index contributed by atoms with van der Waals surface area (Å²) in [5.74, 6) is 0.460. The number of amides is 1. The Balaban J connectivity index is 1.56. The number of benzene rings is 2. The molecule has 30 heavy (non-hydrogen) atoms. The summed E-state index contributed by atoms with van der Waals surface area (Å²) in [6.07, 6.45) is 0.737. The largest absolute Gasteiger partial charge is 0.354 e. The van der Waals surface area contributed by atoms with E-state index < -0.39 is 10.0 Å². The van der Waals surface area contributed by atoms with Gasteiger partial charge in [-0.25, -0.2) is 0 Å². The van der Waals surface area contributed by atoms with Crippen molar-refractivity contribution in [1.29, 1.82) is 0 Å². The molecule has 0 N–H and O–H groups in total. The van der Waals surface area contributed by atoms with E-state index in [0.29, 0.717) is 53.7 Å². The number of hydrogen-bond donors (Lipinski definition) is 0. The fourth-order valence-corrected chi connectivity index (χ4v) is 5.49. The van der Waals surface area contributed by atoms with Gasteiger partial charge in [-0.05, 0) is 43.2 Å². The summed E-state index contributed by atoms with van der Waals surface area (Å²) >= 11 is 5.94. The van der Waals surface area contributed by atoms with Crippen molar-refractivity contribution in [3.63, 3.8) is 0 Å². The predicted octanol–water partition coefficient (Wildman–Crippen LogP) is 3.66. The SMILES string of the molecule is CC1=C(c2ccc(Cl)cc2)S(=O)(=O)N=C1N1CCCN(C(=O)c2ccccc2)CC1. The Morgan fingerprint density at radius 1 is 0.967 bits per heavy atom. The fourth-order valence-electron chi connectivity index (χ4n) is 3.88. The van der Waals surface area contributed by atoms with Gasteiger partial charge in [0.15, 0.2) is 0 Å². The normalized spacial score (nSPS) is 18.9. The number of hydrogen-bond acceptors (Lipinski definition) is 4. The van der Waals surface area contributed by atoms with Crippen LogP contribution < -0.4 is 0 Å². The molecule has 1 amide bonds. The lowest BCUT2D eigenvalue weighted by Gasteiger charge is -2.23. The quantitative estimate of drug-likeness (QED) is 0.710. The molecule has 1 fully saturated rings. The van der Waals surface area contributed by atoms with E-state index in [4.69, 9.17) is 11.6 Å². The van der Waals surface area contributed by atoms with Gasteiger partial charge in [0.2, 0.25) is 0 Å². The molecule has 156 valence electrons. The van der Waals surface area contributed by atoms with Crippen LogP contribution in [0.1, 0.15) is 29.3 Å². The Morgan fingerprint density at radius 2 is 1.67 bits per heavy atom. The van der Waals surface area contributed by atoms with Crippen molar-refractivity contribution in [2.75, 3.05) is 26.2 Å². The lowest BCUT2D eigenvalue weighted by atomic mass is 10.1. The van der Waals surface area contributed by atoms with Crippen LogP contribution in [0.5, 0.6) is 0 Å². The van der Waals surface area contributed by atoms with Gasteiger partial charge in [0.05, 0.1) is 0 Å². The van der Waals surface area contributed by atoms with Crippen molar-refractivity contribution in [1.82, 2.24) is 9.80 Å². The zero-order chi connectivity index (χ0) is 21.3. The van der Waals surface area contributed by atoms with E-state index in [-0.39, 0.29) is 10.8 Å². The highest BCUT2D eigenvalue weighted by molar-refractivity contribution is 8.00. The molecule has 2 aromatic carbocycles. The average Bonchev–Trinajstić information content (AvgIpc) is 2.90. The number of halogens is 1. The Morgan fingerprint density at radius 3 is 2.37 bits per heavy atom. The van der Waals surface area contributed by atoms with E-state index >= 15 is 0 Å². The van der Waals surface area contributed by atoms with Gasteiger partial charge in [-0.1, -0.05) is 41.9 Å². The highest BCUT2D eigenvalue weighted by atomic mass is 35.5. The molecule has 6 nitrogen and oxygen atoms in total. The minimum Gasteiger partial charge on any atom is -0.354 e. The smallest absolute Gasteiger partial charge is 0.285 e. The molecule has 0 unspecified atom stereocenters. The van der Waals surface area contributed by atoms with Crippen LogP contribution in [0, 0.1) is 0 Å². The lowest BCUT2D eigenvalue weighted by Crippen LogP contribution is -2.37. The average molecular weight is 444 g/mol. The standard InChI is InChI=1S/C22H22ClN3O3S/c1-16-20(17-8-10-19(23)11-9-17)30(28,29)24-21(16)25-12-5-13-26(15-14-25)22(27)18-6-3-2-4-7-18/h2-4,6-11H,5,12-15H2,1H3. The topological polar surface area (TPSA) is 70.1 Å². The molecule has 0 radical (unpaired) electrons. The van der Waals surface area contributed by atoms with Gasteiger partial charge < -0.3 is 9.80 Å². The van der Waals surface area contributed by atoms with E-state index in [9.17, 15) is 13.2 Å². The summed E-state index contributed by atoms with van der Waals surface area (Å²) in [5, 5.41) is 0.546. The van der Waals surface area contributed by atoms with Crippen molar-refractivity contribution in [2.24, 2.45) is 4.40 Å². The molecule has 0 atom stereocenters. The van der Waals surface area contributed by atoms with Gasteiger partial charge >= 0.3 is 0 Å². The predicted molar refractivity (Wildman–Crippen MR) is 119 cm³/mol. The Bertz CT molecular complexity index is 1130. The highest BCUT2D eigenvalue weighted by Crippen LogP contribution is 2.34. The molecular weight excluding hydrogens is 422 g/mol. The van der Waals surface area contributed by atoms with Crippen LogP contribution in [-0.4, -0.2) is 56.1 Å². The molecule has 0 bridgehead atoms. The van der Waals surface area contributed by atoms with Crippen LogP contribution in [0.15, 0.2) is 64.6 Å². The number of carbonyl (C=O) groups is 1. The minimum atomic E-state index is -3.78. The van der Waals surface area contributed by atoms with Crippen LogP contribution >= 0.6 is 11.6 Å². The number of sulfonamides is 1. The highest BCUT2D eigenvalue weighted by Gasteiger charge is 2.34. The first-order valence-corrected chi connectivity index (χ1v) is 11.6. The first-order chi connectivity index (χ1) is 14.4. The summed E-state index contributed by atoms with van der Waals surface area (Å²) in [6, 6.07) is 15.9. The van der Waals surface area contributed by atoms with Crippen molar-refractivity contribution in [3.05, 3.63) is 76.3 Å². The third-order valence-corrected chi connectivity index (χ3v) is 7.07. The fraction of sp³-hybridized carbons (Fsp3) is 0.273. The Labute approximate surface area is 181 Å². The maximum atomic E-state index is 12.8. The van der Waals surface area contributed by atoms with Crippen molar-refractivity contribution < 1.29 is 13.2 Å². The van der Waals surface area contributed by atoms with Crippen molar-refractivity contribution in [3.8, 4) is 0 Å². The van der Waals surface area contributed by atoms with Gasteiger partial charge in [0, 0.05) is 42.3 Å². The second-order valence-electron chi connectivity index (χ2n) is 7.35. The molecule has 2 heterocycles. The summed E-state index contributed by atoms with van der Waals surface area (Å²) in [6.45, 7) is 4.08. The number of rotatable bonds is 2. The molecule has 0 aromatic heterocycles.